The van der Waals surface area contributed by atoms with E-state index in [0.29, 0.717) is 23.1 Å². The molecule has 0 fully saturated rings. The van der Waals surface area contributed by atoms with Crippen molar-refractivity contribution in [3.8, 4) is 0 Å². The van der Waals surface area contributed by atoms with Crippen LogP contribution >= 0.6 is 23.5 Å². The van der Waals surface area contributed by atoms with Gasteiger partial charge in [-0.05, 0) is 48.2 Å². The van der Waals surface area contributed by atoms with Crippen LogP contribution in [0.3, 0.4) is 0 Å². The molecule has 0 N–H and O–H groups in total. The summed E-state index contributed by atoms with van der Waals surface area (Å²) in [7, 11) is 0. The van der Waals surface area contributed by atoms with E-state index in [0.717, 1.165) is 35.2 Å². The standard InChI is InChI=1S/C28H24N4O2S2/c33-25(31-15-13-19-7-1-5-11-23(19)31)17-35-27-28(30-22-10-4-3-9-21(22)29-27)36-18-26(34)32-16-14-20-8-2-6-12-24(20)32/h1-12H,13-18H2. The van der Waals surface area contributed by atoms with Crippen LogP contribution in [0.25, 0.3) is 11.0 Å². The average molecular weight is 513 g/mol. The number of amides is 2. The Bertz CT molecular complexity index is 1370. The van der Waals surface area contributed by atoms with Gasteiger partial charge in [-0.3, -0.25) is 9.59 Å². The lowest BCUT2D eigenvalue weighted by Crippen LogP contribution is -2.30. The average Bonchev–Trinajstić information content (AvgIpc) is 3.55. The normalized spacial score (nSPS) is 14.2. The Kier molecular flexibility index (Phi) is 6.37. The first-order chi connectivity index (χ1) is 17.7. The first-order valence-electron chi connectivity index (χ1n) is 12.0. The van der Waals surface area contributed by atoms with E-state index in [2.05, 4.69) is 12.1 Å². The number of carbonyl (C=O) groups excluding carboxylic acids is 2. The Hall–Kier alpha value is -3.36. The summed E-state index contributed by atoms with van der Waals surface area (Å²) in [5.41, 5.74) is 5.97. The van der Waals surface area contributed by atoms with Crippen LogP contribution in [-0.4, -0.2) is 46.4 Å². The van der Waals surface area contributed by atoms with E-state index >= 15 is 0 Å². The molecule has 6 nitrogen and oxygen atoms in total. The molecule has 180 valence electrons. The molecule has 0 unspecified atom stereocenters. The highest BCUT2D eigenvalue weighted by atomic mass is 32.2. The molecular formula is C28H24N4O2S2. The number of hydrogen-bond donors (Lipinski definition) is 0. The van der Waals surface area contributed by atoms with Gasteiger partial charge in [-0.25, -0.2) is 9.97 Å². The number of nitrogens with zero attached hydrogens (tertiary/aromatic N) is 4. The first-order valence-corrected chi connectivity index (χ1v) is 13.9. The van der Waals surface area contributed by atoms with Crippen LogP contribution in [0.5, 0.6) is 0 Å². The number of fused-ring (bicyclic) bond motifs is 3. The molecule has 4 aromatic rings. The van der Waals surface area contributed by atoms with E-state index in [1.165, 1.54) is 34.7 Å². The van der Waals surface area contributed by atoms with Crippen molar-refractivity contribution in [2.75, 3.05) is 34.4 Å². The molecule has 36 heavy (non-hydrogen) atoms. The molecule has 0 aliphatic carbocycles. The number of benzene rings is 3. The Morgan fingerprint density at radius 1 is 0.639 bits per heavy atom. The zero-order valence-corrected chi connectivity index (χ0v) is 21.2. The van der Waals surface area contributed by atoms with E-state index in [4.69, 9.17) is 9.97 Å². The number of para-hydroxylation sites is 4. The van der Waals surface area contributed by atoms with E-state index in [1.807, 2.05) is 70.5 Å². The monoisotopic (exact) mass is 512 g/mol. The lowest BCUT2D eigenvalue weighted by molar-refractivity contribution is -0.116. The topological polar surface area (TPSA) is 66.4 Å². The van der Waals surface area contributed by atoms with Gasteiger partial charge in [0.15, 0.2) is 0 Å². The highest BCUT2D eigenvalue weighted by molar-refractivity contribution is 8.02. The van der Waals surface area contributed by atoms with E-state index in [9.17, 15) is 9.59 Å². The second kappa shape index (κ2) is 9.95. The van der Waals surface area contributed by atoms with E-state index in [-0.39, 0.29) is 23.3 Å². The summed E-state index contributed by atoms with van der Waals surface area (Å²) in [5, 5.41) is 1.38. The minimum atomic E-state index is 0.0561. The van der Waals surface area contributed by atoms with Crippen LogP contribution in [0.1, 0.15) is 11.1 Å². The van der Waals surface area contributed by atoms with E-state index in [1.54, 1.807) is 0 Å². The van der Waals surface area contributed by atoms with Gasteiger partial charge in [0.1, 0.15) is 10.1 Å². The Labute approximate surface area is 218 Å². The van der Waals surface area contributed by atoms with E-state index < -0.39 is 0 Å². The third kappa shape index (κ3) is 4.47. The van der Waals surface area contributed by atoms with Crippen LogP contribution in [0, 0.1) is 0 Å². The van der Waals surface area contributed by atoms with Crippen molar-refractivity contribution in [3.63, 3.8) is 0 Å². The number of carbonyl (C=O) groups is 2. The maximum Gasteiger partial charge on any atom is 0.237 e. The predicted octanol–water partition coefficient (Wildman–Crippen LogP) is 4.99. The van der Waals surface area contributed by atoms with Crippen molar-refractivity contribution in [1.29, 1.82) is 0 Å². The Morgan fingerprint density at radius 3 is 1.53 bits per heavy atom. The molecule has 2 aliphatic rings. The maximum absolute atomic E-state index is 13.1. The number of hydrogen-bond acceptors (Lipinski definition) is 6. The molecule has 2 amide bonds. The van der Waals surface area contributed by atoms with Crippen LogP contribution in [-0.2, 0) is 22.4 Å². The summed E-state index contributed by atoms with van der Waals surface area (Å²) in [6.45, 7) is 1.41. The number of rotatable bonds is 6. The van der Waals surface area contributed by atoms with Crippen molar-refractivity contribution in [2.24, 2.45) is 0 Å². The molecule has 6 rings (SSSR count). The van der Waals surface area contributed by atoms with Gasteiger partial charge in [-0.1, -0.05) is 72.1 Å². The molecule has 0 saturated carbocycles. The number of aromatic nitrogens is 2. The lowest BCUT2D eigenvalue weighted by atomic mass is 10.2. The first kappa shape index (κ1) is 23.1. The van der Waals surface area contributed by atoms with Crippen LogP contribution in [0.2, 0.25) is 0 Å². The van der Waals surface area contributed by atoms with Crippen molar-refractivity contribution in [1.82, 2.24) is 9.97 Å². The minimum absolute atomic E-state index is 0.0561. The van der Waals surface area contributed by atoms with Crippen molar-refractivity contribution >= 4 is 57.7 Å². The van der Waals surface area contributed by atoms with Crippen molar-refractivity contribution in [2.45, 2.75) is 22.9 Å². The maximum atomic E-state index is 13.1. The third-order valence-corrected chi connectivity index (χ3v) is 8.58. The third-order valence-electron chi connectivity index (χ3n) is 6.55. The quantitative estimate of drug-likeness (QED) is 0.339. The fourth-order valence-electron chi connectivity index (χ4n) is 4.77. The molecule has 0 saturated heterocycles. The fourth-order valence-corrected chi connectivity index (χ4v) is 6.62. The van der Waals surface area contributed by atoms with Crippen LogP contribution in [0.15, 0.2) is 82.8 Å². The Morgan fingerprint density at radius 2 is 1.06 bits per heavy atom. The molecule has 0 radical (unpaired) electrons. The summed E-state index contributed by atoms with van der Waals surface area (Å²) >= 11 is 2.79. The number of thioether (sulfide) groups is 2. The van der Waals surface area contributed by atoms with Gasteiger partial charge in [-0.15, -0.1) is 0 Å². The molecular weight excluding hydrogens is 488 g/mol. The molecule has 0 bridgehead atoms. The van der Waals surface area contributed by atoms with Gasteiger partial charge in [-0.2, -0.15) is 0 Å². The molecule has 0 spiro atoms. The molecule has 3 aromatic carbocycles. The summed E-state index contributed by atoms with van der Waals surface area (Å²) in [4.78, 5) is 39.6. The highest BCUT2D eigenvalue weighted by Gasteiger charge is 2.26. The van der Waals surface area contributed by atoms with Crippen LogP contribution < -0.4 is 9.80 Å². The SMILES string of the molecule is O=C(CSc1nc2ccccc2nc1SCC(=O)N1CCc2ccccc21)N1CCc2ccccc21. The van der Waals surface area contributed by atoms with Gasteiger partial charge < -0.3 is 9.80 Å². The van der Waals surface area contributed by atoms with Gasteiger partial charge in [0, 0.05) is 24.5 Å². The van der Waals surface area contributed by atoms with Gasteiger partial charge >= 0.3 is 0 Å². The van der Waals surface area contributed by atoms with Crippen LogP contribution in [0.4, 0.5) is 11.4 Å². The summed E-state index contributed by atoms with van der Waals surface area (Å²) in [6.07, 6.45) is 1.76. The largest absolute Gasteiger partial charge is 0.311 e. The fraction of sp³-hybridized carbons (Fsp3) is 0.214. The number of anilines is 2. The molecule has 8 heteroatoms. The molecule has 1 aromatic heterocycles. The van der Waals surface area contributed by atoms with Gasteiger partial charge in [0.2, 0.25) is 11.8 Å². The zero-order chi connectivity index (χ0) is 24.5. The summed E-state index contributed by atoms with van der Waals surface area (Å²) < 4.78 is 0. The minimum Gasteiger partial charge on any atom is -0.311 e. The molecule has 2 aliphatic heterocycles. The second-order valence-electron chi connectivity index (χ2n) is 8.75. The Balaban J connectivity index is 1.19. The predicted molar refractivity (Wildman–Crippen MR) is 146 cm³/mol. The second-order valence-corrected chi connectivity index (χ2v) is 10.7. The molecule has 0 atom stereocenters. The summed E-state index contributed by atoms with van der Waals surface area (Å²) in [6, 6.07) is 23.8. The van der Waals surface area contributed by atoms with Crippen molar-refractivity contribution in [3.05, 3.63) is 83.9 Å². The zero-order valence-electron chi connectivity index (χ0n) is 19.6. The molecule has 3 heterocycles. The lowest BCUT2D eigenvalue weighted by Gasteiger charge is -2.18. The summed E-state index contributed by atoms with van der Waals surface area (Å²) in [5.74, 6) is 0.645. The van der Waals surface area contributed by atoms with Gasteiger partial charge in [0.05, 0.1) is 22.5 Å². The highest BCUT2D eigenvalue weighted by Crippen LogP contribution is 2.34. The van der Waals surface area contributed by atoms with Crippen molar-refractivity contribution < 1.29 is 9.59 Å². The smallest absolute Gasteiger partial charge is 0.237 e. The van der Waals surface area contributed by atoms with Gasteiger partial charge in [0.25, 0.3) is 0 Å².